The van der Waals surface area contributed by atoms with E-state index < -0.39 is 88.5 Å². The summed E-state index contributed by atoms with van der Waals surface area (Å²) in [4.78, 5) is 142. The highest BCUT2D eigenvalue weighted by Crippen LogP contribution is 2.63. The molecule has 0 aromatic heterocycles. The third-order valence-electron chi connectivity index (χ3n) is 18.7. The van der Waals surface area contributed by atoms with Crippen LogP contribution in [0, 0.1) is 5.41 Å². The van der Waals surface area contributed by atoms with E-state index in [0.717, 1.165) is 25.7 Å². The standard InChI is InChI=1S/C58H78N10O12/c1-33(59-5)46(69)63-41-19-9-7-17-39-21-24-45(67(39)51(41)74)50(73)61-32-36-14-12-16-38(30-36)62-54(77)58-27-26-57(55(78)80-58,56(58,3)4)66(6)34(2)47(70)64-42-20-10-8-18-40-22-23-44(68(40)52(42)75)49(72)60-31-35-13-11-15-37(29-35)48(71)65-43-25-28-79-53(43)76/h11-16,29-30,33-34,39-45,59H,7-10,17-28,31-32H2,1-6H3,(H,60,72)(H,61,73)(H,62,77)(H,63,69)(H,64,70)(H,65,71). The van der Waals surface area contributed by atoms with Gasteiger partial charge in [-0.1, -0.05) is 63.8 Å². The molecule has 80 heavy (non-hydrogen) atoms. The van der Waals surface area contributed by atoms with E-state index in [1.807, 2.05) is 0 Å². The monoisotopic (exact) mass is 1110 g/mol. The Morgan fingerprint density at radius 1 is 0.675 bits per heavy atom. The van der Waals surface area contributed by atoms with Gasteiger partial charge in [0.25, 0.3) is 11.8 Å². The highest BCUT2D eigenvalue weighted by atomic mass is 16.6. The third-order valence-corrected chi connectivity index (χ3v) is 18.7. The van der Waals surface area contributed by atoms with E-state index >= 15 is 0 Å². The molecule has 22 nitrogen and oxygen atoms in total. The van der Waals surface area contributed by atoms with Gasteiger partial charge in [-0.3, -0.25) is 43.3 Å². The molecule has 2 bridgehead atoms. The van der Waals surface area contributed by atoms with Crippen LogP contribution in [-0.2, 0) is 65.7 Å². The highest BCUT2D eigenvalue weighted by molar-refractivity contribution is 6.05. The molecule has 9 rings (SSSR count). The number of amides is 8. The summed E-state index contributed by atoms with van der Waals surface area (Å²) in [6, 6.07) is 8.09. The number of rotatable bonds is 17. The first kappa shape index (κ1) is 57.7. The van der Waals surface area contributed by atoms with Crippen LogP contribution in [-0.4, -0.2) is 160 Å². The molecule has 6 heterocycles. The summed E-state index contributed by atoms with van der Waals surface area (Å²) in [6.07, 6.45) is 8.49. The summed E-state index contributed by atoms with van der Waals surface area (Å²) in [5.74, 6) is -4.13. The molecular formula is C58H78N10O12. The quantitative estimate of drug-likeness (QED) is 0.112. The van der Waals surface area contributed by atoms with Crippen molar-refractivity contribution in [2.24, 2.45) is 5.41 Å². The molecule has 7 aliphatic rings. The number of nitrogens with zero attached hydrogens (tertiary/aromatic N) is 3. The number of nitrogens with one attached hydrogen (secondary N) is 7. The fraction of sp³-hybridized carbons (Fsp3) is 0.621. The van der Waals surface area contributed by atoms with E-state index in [1.165, 1.54) is 0 Å². The molecule has 1 saturated carbocycles. The number of likely N-dealkylation sites (N-methyl/N-ethyl adjacent to an activating group) is 2. The molecule has 1 aliphatic carbocycles. The summed E-state index contributed by atoms with van der Waals surface area (Å²) in [6.45, 7) is 7.40. The van der Waals surface area contributed by atoms with Crippen LogP contribution in [0.1, 0.15) is 145 Å². The molecule has 6 aliphatic heterocycles. The van der Waals surface area contributed by atoms with Gasteiger partial charge >= 0.3 is 11.9 Å². The minimum Gasteiger partial charge on any atom is -0.464 e. The summed E-state index contributed by atoms with van der Waals surface area (Å²) in [5.41, 5.74) is -2.12. The lowest BCUT2D eigenvalue weighted by Crippen LogP contribution is -2.64. The zero-order chi connectivity index (χ0) is 57.3. The fourth-order valence-electron chi connectivity index (χ4n) is 13.7. The van der Waals surface area contributed by atoms with Crippen LogP contribution in [0.3, 0.4) is 0 Å². The Bertz CT molecular complexity index is 2790. The van der Waals surface area contributed by atoms with E-state index in [1.54, 1.807) is 105 Å². The van der Waals surface area contributed by atoms with Crippen molar-refractivity contribution >= 4 is 64.9 Å². The molecule has 7 N–H and O–H groups in total. The topological polar surface area (TPSA) is 283 Å². The minimum atomic E-state index is -1.61. The van der Waals surface area contributed by atoms with Crippen LogP contribution in [0.2, 0.25) is 0 Å². The Labute approximate surface area is 466 Å². The summed E-state index contributed by atoms with van der Waals surface area (Å²) in [5, 5.41) is 20.4. The Balaban J connectivity index is 0.804. The molecule has 0 radical (unpaired) electrons. The zero-order valence-corrected chi connectivity index (χ0v) is 46.8. The zero-order valence-electron chi connectivity index (χ0n) is 46.8. The van der Waals surface area contributed by atoms with Gasteiger partial charge in [0, 0.05) is 48.3 Å². The maximum atomic E-state index is 14.6. The smallest absolute Gasteiger partial charge is 0.328 e. The van der Waals surface area contributed by atoms with Crippen LogP contribution < -0.4 is 37.2 Å². The Kier molecular flexibility index (Phi) is 17.1. The van der Waals surface area contributed by atoms with E-state index in [9.17, 15) is 47.9 Å². The number of cyclic esters (lactones) is 1. The summed E-state index contributed by atoms with van der Waals surface area (Å²) >= 11 is 0. The molecule has 11 unspecified atom stereocenters. The van der Waals surface area contributed by atoms with Crippen molar-refractivity contribution in [3.05, 3.63) is 65.2 Å². The van der Waals surface area contributed by atoms with E-state index in [0.29, 0.717) is 80.2 Å². The van der Waals surface area contributed by atoms with Gasteiger partial charge in [0.1, 0.15) is 35.7 Å². The number of hydrogen-bond acceptors (Lipinski definition) is 14. The van der Waals surface area contributed by atoms with E-state index in [4.69, 9.17) is 9.47 Å². The second kappa shape index (κ2) is 23.6. The van der Waals surface area contributed by atoms with Gasteiger partial charge in [-0.05, 0) is 128 Å². The first-order chi connectivity index (χ1) is 38.2. The van der Waals surface area contributed by atoms with Crippen LogP contribution in [0.25, 0.3) is 0 Å². The Morgan fingerprint density at radius 2 is 1.24 bits per heavy atom. The van der Waals surface area contributed by atoms with Crippen molar-refractivity contribution in [2.45, 2.75) is 203 Å². The number of benzene rings is 2. The largest absolute Gasteiger partial charge is 0.464 e. The second-order valence-corrected chi connectivity index (χ2v) is 23.4. The van der Waals surface area contributed by atoms with Crippen molar-refractivity contribution in [3.8, 4) is 0 Å². The maximum absolute atomic E-state index is 14.6. The Hall–Kier alpha value is -6.94. The fourth-order valence-corrected chi connectivity index (χ4v) is 13.7. The number of carbonyl (C=O) groups excluding carboxylic acids is 10. The highest BCUT2D eigenvalue weighted by Gasteiger charge is 2.79. The molecule has 22 heteroatoms. The minimum absolute atomic E-state index is 0.0888. The van der Waals surface area contributed by atoms with Gasteiger partial charge in [0.05, 0.1) is 18.7 Å². The van der Waals surface area contributed by atoms with E-state index in [2.05, 4.69) is 37.2 Å². The molecule has 2 aromatic carbocycles. The molecule has 0 spiro atoms. The van der Waals surface area contributed by atoms with Crippen molar-refractivity contribution in [1.82, 2.24) is 46.6 Å². The predicted octanol–water partition coefficient (Wildman–Crippen LogP) is 2.22. The van der Waals surface area contributed by atoms with E-state index in [-0.39, 0.29) is 74.2 Å². The van der Waals surface area contributed by atoms with Gasteiger partial charge in [-0.2, -0.15) is 0 Å². The van der Waals surface area contributed by atoms with Gasteiger partial charge in [0.15, 0.2) is 5.60 Å². The van der Waals surface area contributed by atoms with Crippen molar-refractivity contribution < 1.29 is 57.4 Å². The van der Waals surface area contributed by atoms with Crippen LogP contribution in [0.4, 0.5) is 5.69 Å². The SMILES string of the molecule is CNC(C)C(=O)NC1CCCCC2CCC(C(=O)NCc3cccc(NC(=O)C45CCC(N(C)C(C)C(=O)NC6CCCCC7CCC(C(=O)NCc8cccc(C(=O)NC9CCOC9=O)c8)N7C6=O)(C(=O)O4)C5(C)C)c3)N2C1=O. The molecule has 11 atom stereocenters. The molecule has 2 aromatic rings. The lowest BCUT2D eigenvalue weighted by atomic mass is 9.69. The van der Waals surface area contributed by atoms with Crippen LogP contribution >= 0.6 is 0 Å². The maximum Gasteiger partial charge on any atom is 0.328 e. The number of esters is 2. The Morgan fingerprint density at radius 3 is 1.80 bits per heavy atom. The first-order valence-corrected chi connectivity index (χ1v) is 28.6. The normalized spacial score (nSPS) is 29.6. The van der Waals surface area contributed by atoms with Crippen molar-refractivity contribution in [3.63, 3.8) is 0 Å². The molecule has 7 fully saturated rings. The van der Waals surface area contributed by atoms with Crippen LogP contribution in [0.5, 0.6) is 0 Å². The number of carbonyl (C=O) groups is 10. The summed E-state index contributed by atoms with van der Waals surface area (Å²) in [7, 11) is 3.34. The third kappa shape index (κ3) is 10.9. The average Bonchev–Trinajstić information content (AvgIpc) is 4.39. The first-order valence-electron chi connectivity index (χ1n) is 28.6. The number of hydrogen-bond donors (Lipinski definition) is 7. The summed E-state index contributed by atoms with van der Waals surface area (Å²) < 4.78 is 11.1. The van der Waals surface area contributed by atoms with Crippen LogP contribution in [0.15, 0.2) is 48.5 Å². The van der Waals surface area contributed by atoms with Gasteiger partial charge in [0.2, 0.25) is 35.4 Å². The second-order valence-electron chi connectivity index (χ2n) is 23.4. The van der Waals surface area contributed by atoms with Gasteiger partial charge in [-0.25, -0.2) is 9.59 Å². The molecule has 8 amide bonds. The lowest BCUT2D eigenvalue weighted by Gasteiger charge is -2.44. The number of fused-ring (bicyclic) bond motifs is 4. The van der Waals surface area contributed by atoms with Gasteiger partial charge < -0.3 is 56.5 Å². The molecule has 6 saturated heterocycles. The number of ether oxygens (including phenoxy) is 2. The number of anilines is 1. The molecule has 432 valence electrons. The average molecular weight is 1110 g/mol. The molecular weight excluding hydrogens is 1030 g/mol. The van der Waals surface area contributed by atoms with Gasteiger partial charge in [-0.15, -0.1) is 0 Å². The lowest BCUT2D eigenvalue weighted by molar-refractivity contribution is -0.167. The predicted molar refractivity (Wildman–Crippen MR) is 290 cm³/mol. The van der Waals surface area contributed by atoms with Crippen molar-refractivity contribution in [2.75, 3.05) is 26.0 Å². The van der Waals surface area contributed by atoms with Crippen molar-refractivity contribution in [1.29, 1.82) is 0 Å².